The highest BCUT2D eigenvalue weighted by molar-refractivity contribution is 6.10. The first-order valence-electron chi connectivity index (χ1n) is 6.26. The van der Waals surface area contributed by atoms with Gasteiger partial charge in [-0.2, -0.15) is 0 Å². The Bertz CT molecular complexity index is 587. The van der Waals surface area contributed by atoms with Gasteiger partial charge < -0.3 is 10.6 Å². The van der Waals surface area contributed by atoms with E-state index in [1.54, 1.807) is 39.0 Å². The third kappa shape index (κ3) is 2.13. The number of nitrogens with two attached hydrogens (primary N) is 1. The number of carbonyl (C=O) groups excluding carboxylic acids is 3. The molecule has 1 saturated heterocycles. The van der Waals surface area contributed by atoms with E-state index in [0.717, 1.165) is 0 Å². The molecule has 3 amide bonds. The van der Waals surface area contributed by atoms with Crippen LogP contribution in [0.1, 0.15) is 29.8 Å². The van der Waals surface area contributed by atoms with E-state index in [1.165, 1.54) is 4.90 Å². The van der Waals surface area contributed by atoms with E-state index in [1.807, 2.05) is 0 Å². The van der Waals surface area contributed by atoms with E-state index in [9.17, 15) is 14.4 Å². The van der Waals surface area contributed by atoms with Gasteiger partial charge in [0, 0.05) is 5.69 Å². The Morgan fingerprint density at radius 2 is 2.00 bits per heavy atom. The predicted molar refractivity (Wildman–Crippen MR) is 73.9 cm³/mol. The van der Waals surface area contributed by atoms with Crippen molar-refractivity contribution in [2.75, 3.05) is 12.3 Å². The first-order valence-corrected chi connectivity index (χ1v) is 6.26. The highest BCUT2D eigenvalue weighted by atomic mass is 16.2. The minimum Gasteiger partial charge on any atom is -0.398 e. The van der Waals surface area contributed by atoms with E-state index in [2.05, 4.69) is 5.32 Å². The number of rotatable bonds is 1. The normalized spacial score (nSPS) is 17.9. The molecule has 6 nitrogen and oxygen atoms in total. The predicted octanol–water partition coefficient (Wildman–Crippen LogP) is 0.454. The lowest BCUT2D eigenvalue weighted by molar-refractivity contribution is -0.143. The Morgan fingerprint density at radius 1 is 1.35 bits per heavy atom. The monoisotopic (exact) mass is 275 g/mol. The van der Waals surface area contributed by atoms with Crippen LogP contribution in [0, 0.1) is 6.92 Å². The Hall–Kier alpha value is -2.37. The fraction of sp³-hybridized carbons (Fsp3) is 0.357. The van der Waals surface area contributed by atoms with Gasteiger partial charge in [-0.05, 0) is 32.4 Å². The van der Waals surface area contributed by atoms with Crippen LogP contribution in [0.4, 0.5) is 5.69 Å². The summed E-state index contributed by atoms with van der Waals surface area (Å²) >= 11 is 0. The molecule has 0 unspecified atom stereocenters. The summed E-state index contributed by atoms with van der Waals surface area (Å²) in [7, 11) is 0. The van der Waals surface area contributed by atoms with Crippen LogP contribution in [0.5, 0.6) is 0 Å². The molecular formula is C14H17N3O3. The van der Waals surface area contributed by atoms with E-state index >= 15 is 0 Å². The van der Waals surface area contributed by atoms with E-state index < -0.39 is 23.3 Å². The molecule has 1 heterocycles. The Kier molecular flexibility index (Phi) is 3.25. The average molecular weight is 275 g/mol. The first-order chi connectivity index (χ1) is 9.25. The SMILES string of the molecule is Cc1cccc(N)c1C(=O)N1CC(=O)NC(=O)C1(C)C. The van der Waals surface area contributed by atoms with Gasteiger partial charge in [0.1, 0.15) is 12.1 Å². The molecule has 6 heteroatoms. The van der Waals surface area contributed by atoms with Crippen molar-refractivity contribution in [2.24, 2.45) is 0 Å². The molecular weight excluding hydrogens is 258 g/mol. The van der Waals surface area contributed by atoms with E-state index in [4.69, 9.17) is 5.73 Å². The quantitative estimate of drug-likeness (QED) is 0.575. The van der Waals surface area contributed by atoms with Crippen molar-refractivity contribution in [3.63, 3.8) is 0 Å². The minimum absolute atomic E-state index is 0.161. The fourth-order valence-electron chi connectivity index (χ4n) is 2.23. The summed E-state index contributed by atoms with van der Waals surface area (Å²) < 4.78 is 0. The summed E-state index contributed by atoms with van der Waals surface area (Å²) in [4.78, 5) is 37.3. The summed E-state index contributed by atoms with van der Waals surface area (Å²) in [5.74, 6) is -1.39. The van der Waals surface area contributed by atoms with Gasteiger partial charge >= 0.3 is 0 Å². The number of benzene rings is 1. The number of nitrogen functional groups attached to an aromatic ring is 1. The molecule has 1 aliphatic heterocycles. The van der Waals surface area contributed by atoms with Crippen LogP contribution in [0.15, 0.2) is 18.2 Å². The molecule has 3 N–H and O–H groups in total. The largest absolute Gasteiger partial charge is 0.398 e. The van der Waals surface area contributed by atoms with Crippen molar-refractivity contribution in [3.05, 3.63) is 29.3 Å². The first kappa shape index (κ1) is 14.0. The third-order valence-electron chi connectivity index (χ3n) is 3.55. The van der Waals surface area contributed by atoms with Gasteiger partial charge in [0.25, 0.3) is 11.8 Å². The Labute approximate surface area is 116 Å². The average Bonchev–Trinajstić information content (AvgIpc) is 2.33. The Balaban J connectivity index is 2.46. The van der Waals surface area contributed by atoms with Crippen LogP contribution in [-0.4, -0.2) is 34.7 Å². The van der Waals surface area contributed by atoms with Crippen LogP contribution in [0.3, 0.4) is 0 Å². The summed E-state index contributed by atoms with van der Waals surface area (Å²) in [6, 6.07) is 5.14. The minimum atomic E-state index is -1.10. The summed E-state index contributed by atoms with van der Waals surface area (Å²) in [6.07, 6.45) is 0. The van der Waals surface area contributed by atoms with Gasteiger partial charge in [-0.1, -0.05) is 12.1 Å². The zero-order valence-corrected chi connectivity index (χ0v) is 11.7. The second kappa shape index (κ2) is 4.63. The number of nitrogens with zero attached hydrogens (tertiary/aromatic N) is 1. The van der Waals surface area contributed by atoms with Gasteiger partial charge in [-0.3, -0.25) is 19.7 Å². The number of imide groups is 1. The van der Waals surface area contributed by atoms with Crippen LogP contribution in [0.25, 0.3) is 0 Å². The second-order valence-electron chi connectivity index (χ2n) is 5.37. The molecule has 106 valence electrons. The van der Waals surface area contributed by atoms with Gasteiger partial charge in [-0.15, -0.1) is 0 Å². The highest BCUT2D eigenvalue weighted by Gasteiger charge is 2.44. The number of nitrogens with one attached hydrogen (secondary N) is 1. The van der Waals surface area contributed by atoms with Crippen LogP contribution >= 0.6 is 0 Å². The zero-order valence-electron chi connectivity index (χ0n) is 11.7. The van der Waals surface area contributed by atoms with E-state index in [-0.39, 0.29) is 6.54 Å². The van der Waals surface area contributed by atoms with Crippen molar-refractivity contribution in [1.29, 1.82) is 0 Å². The molecule has 0 aliphatic carbocycles. The lowest BCUT2D eigenvalue weighted by Gasteiger charge is -2.40. The molecule has 1 aromatic rings. The lowest BCUT2D eigenvalue weighted by atomic mass is 9.96. The van der Waals surface area contributed by atoms with Crippen molar-refractivity contribution in [1.82, 2.24) is 10.2 Å². The van der Waals surface area contributed by atoms with Crippen molar-refractivity contribution < 1.29 is 14.4 Å². The topological polar surface area (TPSA) is 92.5 Å². The summed E-state index contributed by atoms with van der Waals surface area (Å²) in [6.45, 7) is 4.80. The summed E-state index contributed by atoms with van der Waals surface area (Å²) in [5, 5.41) is 2.23. The standard InChI is InChI=1S/C14H17N3O3/c1-8-5-4-6-9(15)11(8)12(19)17-7-10(18)16-13(20)14(17,2)3/h4-6H,7,15H2,1-3H3,(H,16,18,20). The number of hydrogen-bond acceptors (Lipinski definition) is 4. The van der Waals surface area contributed by atoms with Gasteiger partial charge in [-0.25, -0.2) is 0 Å². The number of carbonyl (C=O) groups is 3. The molecule has 1 aliphatic rings. The number of hydrogen-bond donors (Lipinski definition) is 2. The number of aryl methyl sites for hydroxylation is 1. The lowest BCUT2D eigenvalue weighted by Crippen LogP contribution is -2.65. The number of amides is 3. The van der Waals surface area contributed by atoms with E-state index in [0.29, 0.717) is 16.8 Å². The van der Waals surface area contributed by atoms with Crippen molar-refractivity contribution in [2.45, 2.75) is 26.3 Å². The smallest absolute Gasteiger partial charge is 0.257 e. The molecule has 2 rings (SSSR count). The highest BCUT2D eigenvalue weighted by Crippen LogP contribution is 2.25. The van der Waals surface area contributed by atoms with Gasteiger partial charge in [0.2, 0.25) is 5.91 Å². The molecule has 0 aromatic heterocycles. The molecule has 0 saturated carbocycles. The van der Waals surface area contributed by atoms with Gasteiger partial charge in [0.15, 0.2) is 0 Å². The molecule has 1 fully saturated rings. The Morgan fingerprint density at radius 3 is 2.60 bits per heavy atom. The molecule has 0 radical (unpaired) electrons. The maximum absolute atomic E-state index is 12.7. The third-order valence-corrected chi connectivity index (χ3v) is 3.55. The van der Waals surface area contributed by atoms with Crippen molar-refractivity contribution in [3.8, 4) is 0 Å². The van der Waals surface area contributed by atoms with Crippen LogP contribution < -0.4 is 11.1 Å². The van der Waals surface area contributed by atoms with Crippen LogP contribution in [-0.2, 0) is 9.59 Å². The zero-order chi connectivity index (χ0) is 15.1. The molecule has 1 aromatic carbocycles. The molecule has 0 bridgehead atoms. The van der Waals surface area contributed by atoms with Gasteiger partial charge in [0.05, 0.1) is 5.56 Å². The maximum Gasteiger partial charge on any atom is 0.257 e. The maximum atomic E-state index is 12.7. The second-order valence-corrected chi connectivity index (χ2v) is 5.37. The number of anilines is 1. The molecule has 0 atom stereocenters. The van der Waals surface area contributed by atoms with Crippen molar-refractivity contribution >= 4 is 23.4 Å². The molecule has 20 heavy (non-hydrogen) atoms. The molecule has 0 spiro atoms. The fourth-order valence-corrected chi connectivity index (χ4v) is 2.23. The number of piperazine rings is 1. The summed E-state index contributed by atoms with van der Waals surface area (Å²) in [5.41, 5.74) is 6.14. The van der Waals surface area contributed by atoms with Crippen LogP contribution in [0.2, 0.25) is 0 Å².